The highest BCUT2D eigenvalue weighted by molar-refractivity contribution is 7.15. The largest absolute Gasteiger partial charge is 0.465 e. The zero-order valence-corrected chi connectivity index (χ0v) is 22.4. The molecule has 9 heteroatoms. The van der Waals surface area contributed by atoms with Crippen LogP contribution in [-0.4, -0.2) is 63.8 Å². The van der Waals surface area contributed by atoms with Gasteiger partial charge in [0.2, 0.25) is 0 Å². The van der Waals surface area contributed by atoms with E-state index in [1.54, 1.807) is 23.6 Å². The molecule has 2 heterocycles. The van der Waals surface area contributed by atoms with Crippen LogP contribution in [0.2, 0.25) is 0 Å². The third kappa shape index (κ3) is 6.49. The lowest BCUT2D eigenvalue weighted by atomic mass is 9.89. The number of thiophene rings is 2. The smallest absolute Gasteiger partial charge is 0.339 e. The van der Waals surface area contributed by atoms with Gasteiger partial charge in [-0.25, -0.2) is 9.59 Å². The highest BCUT2D eigenvalue weighted by Crippen LogP contribution is 2.36. The maximum atomic E-state index is 11.8. The topological polar surface area (TPSA) is 85.1 Å². The average molecular weight is 496 g/mol. The summed E-state index contributed by atoms with van der Waals surface area (Å²) in [5, 5.41) is 5.54. The van der Waals surface area contributed by atoms with E-state index in [9.17, 15) is 9.59 Å². The number of rotatable bonds is 6. The number of carbonyl (C=O) groups excluding carboxylic acids is 2. The number of nitrogens with zero attached hydrogens (tertiary/aromatic N) is 2. The number of methoxy groups -OCH3 is 2. The van der Waals surface area contributed by atoms with Crippen molar-refractivity contribution in [3.8, 4) is 0 Å². The van der Waals surface area contributed by atoms with E-state index in [0.29, 0.717) is 28.2 Å². The minimum atomic E-state index is -0.324. The molecule has 1 fully saturated rings. The molecule has 184 valence electrons. The first-order valence-electron chi connectivity index (χ1n) is 11.2. The van der Waals surface area contributed by atoms with Gasteiger partial charge in [-0.1, -0.05) is 0 Å². The predicted molar refractivity (Wildman–Crippen MR) is 138 cm³/mol. The van der Waals surface area contributed by atoms with Gasteiger partial charge in [0.1, 0.15) is 0 Å². The molecule has 0 unspecified atom stereocenters. The third-order valence-corrected chi connectivity index (χ3v) is 8.37. The summed E-state index contributed by atoms with van der Waals surface area (Å²) in [5.74, 6) is -0.553. The molecule has 0 amide bonds. The predicted octanol–water partition coefficient (Wildman–Crippen LogP) is 4.97. The summed E-state index contributed by atoms with van der Waals surface area (Å²) < 4.78 is 9.42. The van der Waals surface area contributed by atoms with Crippen LogP contribution in [0.4, 0.5) is 10.0 Å². The van der Waals surface area contributed by atoms with Crippen LogP contribution in [0, 0.1) is 13.8 Å². The maximum Gasteiger partial charge on any atom is 0.339 e. The van der Waals surface area contributed by atoms with Crippen molar-refractivity contribution in [3.63, 3.8) is 0 Å². The van der Waals surface area contributed by atoms with Gasteiger partial charge in [-0.15, -0.1) is 22.7 Å². The molecule has 7 nitrogen and oxygen atoms in total. The second kappa shape index (κ2) is 12.4. The van der Waals surface area contributed by atoms with Crippen LogP contribution in [0.25, 0.3) is 0 Å². The van der Waals surface area contributed by atoms with Crippen molar-refractivity contribution in [1.29, 1.82) is 0 Å². The molecule has 0 radical (unpaired) electrons. The van der Waals surface area contributed by atoms with Crippen molar-refractivity contribution in [3.05, 3.63) is 33.0 Å². The number of hydrogen-bond donors (Lipinski definition) is 1. The summed E-state index contributed by atoms with van der Waals surface area (Å²) in [4.78, 5) is 27.6. The number of ether oxygens (including phenoxy) is 2. The van der Waals surface area contributed by atoms with Crippen molar-refractivity contribution in [1.82, 2.24) is 4.90 Å². The van der Waals surface area contributed by atoms with Gasteiger partial charge in [0.25, 0.3) is 0 Å². The van der Waals surface area contributed by atoms with Gasteiger partial charge in [0.05, 0.1) is 35.3 Å². The van der Waals surface area contributed by atoms with Gasteiger partial charge >= 0.3 is 11.9 Å². The van der Waals surface area contributed by atoms with E-state index < -0.39 is 0 Å². The fraction of sp³-hybridized carbons (Fsp3) is 0.583. The molecule has 1 aliphatic carbocycles. The van der Waals surface area contributed by atoms with Gasteiger partial charge in [-0.3, -0.25) is 0 Å². The summed E-state index contributed by atoms with van der Waals surface area (Å²) in [6.07, 6.45) is 4.95. The van der Waals surface area contributed by atoms with E-state index in [1.807, 2.05) is 12.3 Å². The molecule has 0 saturated heterocycles. The summed E-state index contributed by atoms with van der Waals surface area (Å²) in [6, 6.07) is 1.30. The number of hydrogen-bond acceptors (Lipinski definition) is 9. The number of esters is 2. The monoisotopic (exact) mass is 495 g/mol. The summed E-state index contributed by atoms with van der Waals surface area (Å²) in [6.45, 7) is 7.03. The van der Waals surface area contributed by atoms with Crippen LogP contribution >= 0.6 is 22.7 Å². The Hall–Kier alpha value is -2.10. The highest BCUT2D eigenvalue weighted by atomic mass is 32.1. The molecule has 2 aromatic heterocycles. The second-order valence-electron chi connectivity index (χ2n) is 8.41. The Balaban J connectivity index is 0.000000294. The molecule has 0 spiro atoms. The van der Waals surface area contributed by atoms with Gasteiger partial charge < -0.3 is 25.0 Å². The van der Waals surface area contributed by atoms with Crippen LogP contribution in [0.3, 0.4) is 0 Å². The van der Waals surface area contributed by atoms with Crippen LogP contribution in [0.1, 0.15) is 64.4 Å². The zero-order chi connectivity index (χ0) is 24.7. The first kappa shape index (κ1) is 27.1. The zero-order valence-electron chi connectivity index (χ0n) is 20.8. The van der Waals surface area contributed by atoms with Crippen molar-refractivity contribution >= 4 is 44.6 Å². The Morgan fingerprint density at radius 1 is 0.939 bits per heavy atom. The molecule has 0 atom stereocenters. The van der Waals surface area contributed by atoms with Crippen LogP contribution in [-0.2, 0) is 9.47 Å². The molecule has 0 aromatic carbocycles. The van der Waals surface area contributed by atoms with E-state index >= 15 is 0 Å². The molecule has 2 N–H and O–H groups in total. The van der Waals surface area contributed by atoms with Gasteiger partial charge in [-0.05, 0) is 71.7 Å². The van der Waals surface area contributed by atoms with Crippen LogP contribution < -0.4 is 10.6 Å². The third-order valence-electron chi connectivity index (χ3n) is 6.34. The quantitative estimate of drug-likeness (QED) is 0.567. The number of anilines is 2. The van der Waals surface area contributed by atoms with Gasteiger partial charge in [-0.2, -0.15) is 0 Å². The first-order chi connectivity index (χ1) is 15.7. The molecule has 0 aliphatic heterocycles. The van der Waals surface area contributed by atoms with E-state index in [2.05, 4.69) is 35.6 Å². The Bertz CT molecular complexity index is 930. The number of nitrogen functional groups attached to an aromatic ring is 1. The molecule has 0 bridgehead atoms. The molecule has 1 saturated carbocycles. The lowest BCUT2D eigenvalue weighted by Crippen LogP contribution is -2.42. The Morgan fingerprint density at radius 3 is 1.85 bits per heavy atom. The molecule has 2 aromatic rings. The van der Waals surface area contributed by atoms with E-state index in [-0.39, 0.29) is 11.9 Å². The Kier molecular flexibility index (Phi) is 10.2. The molecular weight excluding hydrogens is 458 g/mol. The fourth-order valence-electron chi connectivity index (χ4n) is 4.20. The lowest BCUT2D eigenvalue weighted by molar-refractivity contribution is 0.0591. The fourth-order valence-corrected chi connectivity index (χ4v) is 6.21. The maximum absolute atomic E-state index is 11.8. The van der Waals surface area contributed by atoms with E-state index in [1.165, 1.54) is 56.2 Å². The molecular formula is C24H37N3O4S2. The highest BCUT2D eigenvalue weighted by Gasteiger charge is 2.28. The molecule has 1 aliphatic rings. The normalized spacial score (nSPS) is 17.8. The standard InChI is InChI=1S/C17H28N2O2S.C7H9NO2S/c1-6-19(14-9-7-13(8-10-14)18(3)4)16-12(2)15(11-22-16)17(20)21-5;1-4-5(7(9)10-2)3-11-6(4)8/h11,13-14H,6-10H2,1-5H3;3H,8H2,1-2H3. The average Bonchev–Trinajstić information content (AvgIpc) is 3.36. The first-order valence-corrected chi connectivity index (χ1v) is 12.9. The summed E-state index contributed by atoms with van der Waals surface area (Å²) in [5.41, 5.74) is 8.69. The Labute approximate surface area is 205 Å². The van der Waals surface area contributed by atoms with E-state index in [4.69, 9.17) is 10.5 Å². The SMILES string of the molecule is CCN(c1scc(C(=O)OC)c1C)C1CCC(N(C)C)CC1.COC(=O)c1csc(N)c1C. The van der Waals surface area contributed by atoms with Crippen molar-refractivity contribution in [2.75, 3.05) is 45.5 Å². The van der Waals surface area contributed by atoms with Crippen LogP contribution in [0.5, 0.6) is 0 Å². The van der Waals surface area contributed by atoms with Crippen molar-refractivity contribution in [2.24, 2.45) is 0 Å². The summed E-state index contributed by atoms with van der Waals surface area (Å²) in [7, 11) is 7.15. The van der Waals surface area contributed by atoms with Crippen LogP contribution in [0.15, 0.2) is 10.8 Å². The minimum absolute atomic E-state index is 0.229. The number of nitrogens with two attached hydrogens (primary N) is 1. The van der Waals surface area contributed by atoms with Crippen molar-refractivity contribution in [2.45, 2.75) is 58.5 Å². The van der Waals surface area contributed by atoms with E-state index in [0.717, 1.165) is 17.7 Å². The van der Waals surface area contributed by atoms with Gasteiger partial charge in [0, 0.05) is 29.4 Å². The van der Waals surface area contributed by atoms with Gasteiger partial charge in [0.15, 0.2) is 0 Å². The minimum Gasteiger partial charge on any atom is -0.465 e. The number of carbonyl (C=O) groups is 2. The summed E-state index contributed by atoms with van der Waals surface area (Å²) >= 11 is 3.02. The second-order valence-corrected chi connectivity index (χ2v) is 10.2. The Morgan fingerprint density at radius 2 is 1.42 bits per heavy atom. The molecule has 3 rings (SSSR count). The van der Waals surface area contributed by atoms with Crippen molar-refractivity contribution < 1.29 is 19.1 Å². The lowest BCUT2D eigenvalue weighted by Gasteiger charge is -2.39. The molecule has 33 heavy (non-hydrogen) atoms.